The lowest BCUT2D eigenvalue weighted by molar-refractivity contribution is 0.0706. The Morgan fingerprint density at radius 1 is 0.840 bits per heavy atom. The molecule has 0 aromatic heterocycles. The first kappa shape index (κ1) is 18.6. The van der Waals surface area contributed by atoms with Crippen molar-refractivity contribution in [2.75, 3.05) is 4.72 Å². The zero-order chi connectivity index (χ0) is 18.9. The molecule has 0 aliphatic rings. The molecule has 0 saturated carbocycles. The van der Waals surface area contributed by atoms with Crippen LogP contribution >= 0.6 is 0 Å². The summed E-state index contributed by atoms with van der Waals surface area (Å²) in [7, 11) is -5.17. The number of halogens is 5. The van der Waals surface area contributed by atoms with Gasteiger partial charge in [0.25, 0.3) is 15.9 Å². The molecule has 0 saturated heterocycles. The van der Waals surface area contributed by atoms with Gasteiger partial charge in [-0.1, -0.05) is 0 Å². The average Bonchev–Trinajstić information content (AvgIpc) is 2.57. The van der Waals surface area contributed by atoms with Crippen LogP contribution in [0.15, 0.2) is 29.2 Å². The largest absolute Gasteiger partial charge is 0.288 e. The first-order valence-electron chi connectivity index (χ1n) is 6.19. The average molecular weight is 382 g/mol. The predicted molar refractivity (Wildman–Crippen MR) is 72.7 cm³/mol. The maximum Gasteiger partial charge on any atom is 0.274 e. The van der Waals surface area contributed by atoms with Crippen molar-refractivity contribution in [2.24, 2.45) is 0 Å². The van der Waals surface area contributed by atoms with Crippen molar-refractivity contribution >= 4 is 21.6 Å². The van der Waals surface area contributed by atoms with E-state index in [2.05, 4.69) is 0 Å². The Kier molecular flexibility index (Phi) is 4.94. The van der Waals surface area contributed by atoms with Crippen molar-refractivity contribution in [3.8, 4) is 0 Å². The van der Waals surface area contributed by atoms with Crippen molar-refractivity contribution in [1.29, 1.82) is 0 Å². The molecule has 6 nitrogen and oxygen atoms in total. The number of amides is 1. The lowest BCUT2D eigenvalue weighted by Gasteiger charge is -2.11. The van der Waals surface area contributed by atoms with E-state index in [0.717, 1.165) is 24.3 Å². The van der Waals surface area contributed by atoms with Crippen LogP contribution in [-0.2, 0) is 10.0 Å². The Bertz CT molecular complexity index is 919. The zero-order valence-electron chi connectivity index (χ0n) is 11.8. The van der Waals surface area contributed by atoms with Crippen molar-refractivity contribution in [2.45, 2.75) is 4.90 Å². The number of hydroxylamine groups is 1. The SMILES string of the molecule is O=C(NO)c1ccc(NS(=O)(=O)c2c(F)c(F)c(F)c(F)c2F)cc1. The molecule has 0 bridgehead atoms. The molecular formula is C13H7F5N2O4S. The lowest BCUT2D eigenvalue weighted by atomic mass is 10.2. The third-order valence-electron chi connectivity index (χ3n) is 2.94. The van der Waals surface area contributed by atoms with Gasteiger partial charge < -0.3 is 0 Å². The van der Waals surface area contributed by atoms with Crippen LogP contribution in [-0.4, -0.2) is 19.5 Å². The summed E-state index contributed by atoms with van der Waals surface area (Å²) in [5, 5.41) is 8.43. The van der Waals surface area contributed by atoms with E-state index in [4.69, 9.17) is 5.21 Å². The number of nitrogens with one attached hydrogen (secondary N) is 2. The van der Waals surface area contributed by atoms with Crippen molar-refractivity contribution in [3.05, 3.63) is 58.9 Å². The topological polar surface area (TPSA) is 95.5 Å². The molecular weight excluding hydrogens is 375 g/mol. The molecule has 134 valence electrons. The molecule has 0 atom stereocenters. The zero-order valence-corrected chi connectivity index (χ0v) is 12.6. The highest BCUT2D eigenvalue weighted by molar-refractivity contribution is 7.92. The lowest BCUT2D eigenvalue weighted by Crippen LogP contribution is -2.20. The van der Waals surface area contributed by atoms with Gasteiger partial charge in [0.15, 0.2) is 28.2 Å². The van der Waals surface area contributed by atoms with Gasteiger partial charge in [-0.3, -0.25) is 14.7 Å². The maximum absolute atomic E-state index is 13.6. The minimum Gasteiger partial charge on any atom is -0.288 e. The van der Waals surface area contributed by atoms with Gasteiger partial charge in [0.2, 0.25) is 5.82 Å². The molecule has 0 spiro atoms. The van der Waals surface area contributed by atoms with Crippen LogP contribution in [0.2, 0.25) is 0 Å². The van der Waals surface area contributed by atoms with E-state index >= 15 is 0 Å². The van der Waals surface area contributed by atoms with Gasteiger partial charge in [-0.05, 0) is 24.3 Å². The third kappa shape index (κ3) is 3.39. The van der Waals surface area contributed by atoms with E-state index in [1.165, 1.54) is 5.48 Å². The van der Waals surface area contributed by atoms with Crippen LogP contribution in [0.5, 0.6) is 0 Å². The van der Waals surface area contributed by atoms with E-state index < -0.39 is 49.9 Å². The molecule has 2 aromatic rings. The Morgan fingerprint density at radius 2 is 1.28 bits per heavy atom. The minimum atomic E-state index is -5.17. The predicted octanol–water partition coefficient (Wildman–Crippen LogP) is 2.30. The van der Waals surface area contributed by atoms with E-state index in [1.54, 1.807) is 4.72 Å². The number of hydrogen-bond acceptors (Lipinski definition) is 4. The van der Waals surface area contributed by atoms with Crippen LogP contribution in [0.1, 0.15) is 10.4 Å². The molecule has 1 amide bonds. The monoisotopic (exact) mass is 382 g/mol. The van der Waals surface area contributed by atoms with Gasteiger partial charge in [0.05, 0.1) is 0 Å². The third-order valence-corrected chi connectivity index (χ3v) is 4.34. The van der Waals surface area contributed by atoms with Crippen LogP contribution in [0, 0.1) is 29.1 Å². The highest BCUT2D eigenvalue weighted by Crippen LogP contribution is 2.28. The summed E-state index contributed by atoms with van der Waals surface area (Å²) in [5.41, 5.74) is 0.881. The van der Waals surface area contributed by atoms with E-state index in [9.17, 15) is 35.2 Å². The van der Waals surface area contributed by atoms with E-state index in [0.29, 0.717) is 0 Å². The molecule has 12 heteroatoms. The number of benzene rings is 2. The molecule has 0 aliphatic heterocycles. The quantitative estimate of drug-likeness (QED) is 0.249. The molecule has 2 rings (SSSR count). The van der Waals surface area contributed by atoms with Crippen molar-refractivity contribution < 1.29 is 40.4 Å². The molecule has 0 heterocycles. The fourth-order valence-corrected chi connectivity index (χ4v) is 2.98. The van der Waals surface area contributed by atoms with Gasteiger partial charge in [0, 0.05) is 11.3 Å². The number of carbonyl (C=O) groups is 1. The summed E-state index contributed by atoms with van der Waals surface area (Å²) < 4.78 is 92.0. The summed E-state index contributed by atoms with van der Waals surface area (Å²) in [5.74, 6) is -13.3. The van der Waals surface area contributed by atoms with Crippen LogP contribution in [0.25, 0.3) is 0 Å². The molecule has 25 heavy (non-hydrogen) atoms. The fraction of sp³-hybridized carbons (Fsp3) is 0. The molecule has 2 aromatic carbocycles. The van der Waals surface area contributed by atoms with Gasteiger partial charge >= 0.3 is 0 Å². The number of hydrogen-bond donors (Lipinski definition) is 3. The van der Waals surface area contributed by atoms with Gasteiger partial charge in [0.1, 0.15) is 0 Å². The highest BCUT2D eigenvalue weighted by Gasteiger charge is 2.33. The van der Waals surface area contributed by atoms with E-state index in [-0.39, 0.29) is 11.3 Å². The molecule has 0 radical (unpaired) electrons. The van der Waals surface area contributed by atoms with Crippen molar-refractivity contribution in [3.63, 3.8) is 0 Å². The molecule has 0 fully saturated rings. The smallest absolute Gasteiger partial charge is 0.274 e. The summed E-state index contributed by atoms with van der Waals surface area (Å²) >= 11 is 0. The second kappa shape index (κ2) is 6.64. The normalized spacial score (nSPS) is 11.3. The van der Waals surface area contributed by atoms with Gasteiger partial charge in [-0.15, -0.1) is 0 Å². The summed E-state index contributed by atoms with van der Waals surface area (Å²) in [6.45, 7) is 0. The Labute approximate surface area is 136 Å². The maximum atomic E-state index is 13.6. The summed E-state index contributed by atoms with van der Waals surface area (Å²) in [4.78, 5) is 9.07. The van der Waals surface area contributed by atoms with Gasteiger partial charge in [-0.2, -0.15) is 0 Å². The molecule has 0 unspecified atom stereocenters. The summed E-state index contributed by atoms with van der Waals surface area (Å²) in [6, 6.07) is 3.99. The number of carbonyl (C=O) groups excluding carboxylic acids is 1. The Hall–Kier alpha value is -2.73. The Balaban J connectivity index is 2.46. The fourth-order valence-electron chi connectivity index (χ4n) is 1.78. The van der Waals surface area contributed by atoms with Crippen LogP contribution in [0.3, 0.4) is 0 Å². The second-order valence-electron chi connectivity index (χ2n) is 4.52. The number of rotatable bonds is 4. The first-order chi connectivity index (χ1) is 11.6. The van der Waals surface area contributed by atoms with Crippen molar-refractivity contribution in [1.82, 2.24) is 5.48 Å². The highest BCUT2D eigenvalue weighted by atomic mass is 32.2. The second-order valence-corrected chi connectivity index (χ2v) is 6.14. The first-order valence-corrected chi connectivity index (χ1v) is 7.67. The Morgan fingerprint density at radius 3 is 1.72 bits per heavy atom. The van der Waals surface area contributed by atoms with Crippen LogP contribution in [0.4, 0.5) is 27.6 Å². The molecule has 3 N–H and O–H groups in total. The van der Waals surface area contributed by atoms with Crippen LogP contribution < -0.4 is 10.2 Å². The standard InChI is InChI=1S/C13H7F5N2O4S/c14-7-8(15)10(17)12(11(18)9(7)16)25(23,24)20-6-3-1-5(2-4-6)13(21)19-22/h1-4,20,22H,(H,19,21). The number of sulfonamides is 1. The number of anilines is 1. The minimum absolute atomic E-state index is 0.0957. The molecule has 0 aliphatic carbocycles. The van der Waals surface area contributed by atoms with Gasteiger partial charge in [-0.25, -0.2) is 35.8 Å². The van der Waals surface area contributed by atoms with E-state index in [1.807, 2.05) is 0 Å². The summed E-state index contributed by atoms with van der Waals surface area (Å²) in [6.07, 6.45) is 0.